The number of hydrogen-bond acceptors (Lipinski definition) is 5. The number of piperidine rings is 1. The molecule has 3 aliphatic heterocycles. The lowest BCUT2D eigenvalue weighted by molar-refractivity contribution is -0.152. The normalized spacial score (nSPS) is 21.0. The topological polar surface area (TPSA) is 132 Å². The average molecular weight is 478 g/mol. The van der Waals surface area contributed by atoms with Crippen molar-refractivity contribution < 1.29 is 19.4 Å². The summed E-state index contributed by atoms with van der Waals surface area (Å²) in [6.07, 6.45) is 2.94. The molecule has 2 saturated heterocycles. The molecule has 0 bridgehead atoms. The number of para-hydroxylation sites is 2. The molecule has 3 aliphatic rings. The number of benzene rings is 2. The van der Waals surface area contributed by atoms with Crippen molar-refractivity contribution in [2.75, 3.05) is 26.2 Å². The minimum absolute atomic E-state index is 0.0850. The van der Waals surface area contributed by atoms with E-state index in [1.54, 1.807) is 48.5 Å². The molecule has 9 heteroatoms. The van der Waals surface area contributed by atoms with Crippen molar-refractivity contribution in [2.45, 2.75) is 37.3 Å². The first-order valence-electron chi connectivity index (χ1n) is 12.2. The minimum atomic E-state index is -1.94. The van der Waals surface area contributed by atoms with E-state index in [4.69, 9.17) is 15.9 Å². The third-order valence-electron chi connectivity index (χ3n) is 7.42. The fourth-order valence-electron chi connectivity index (χ4n) is 5.43. The van der Waals surface area contributed by atoms with Gasteiger partial charge < -0.3 is 30.7 Å². The third-order valence-corrected chi connectivity index (χ3v) is 7.42. The second-order valence-corrected chi connectivity index (χ2v) is 9.52. The zero-order chi connectivity index (χ0) is 24.6. The van der Waals surface area contributed by atoms with Crippen LogP contribution in [0.3, 0.4) is 0 Å². The van der Waals surface area contributed by atoms with Gasteiger partial charge in [0.15, 0.2) is 5.96 Å². The van der Waals surface area contributed by atoms with E-state index in [1.807, 2.05) is 4.90 Å². The number of amides is 2. The van der Waals surface area contributed by atoms with Crippen LogP contribution in [0.5, 0.6) is 11.5 Å². The van der Waals surface area contributed by atoms with E-state index in [9.17, 15) is 14.7 Å². The molecule has 5 N–H and O–H groups in total. The summed E-state index contributed by atoms with van der Waals surface area (Å²) >= 11 is 0. The lowest BCUT2D eigenvalue weighted by Crippen LogP contribution is -2.54. The van der Waals surface area contributed by atoms with Crippen LogP contribution in [-0.4, -0.2) is 64.9 Å². The largest absolute Gasteiger partial charge is 0.457 e. The van der Waals surface area contributed by atoms with Crippen molar-refractivity contribution >= 4 is 17.8 Å². The number of hydrogen-bond donors (Lipinski definition) is 4. The fourth-order valence-corrected chi connectivity index (χ4v) is 5.43. The highest BCUT2D eigenvalue weighted by atomic mass is 16.5. The Bertz CT molecular complexity index is 1100. The number of nitrogens with one attached hydrogen (secondary N) is 2. The molecule has 0 unspecified atom stereocenters. The molecular weight excluding hydrogens is 446 g/mol. The van der Waals surface area contributed by atoms with E-state index in [-0.39, 0.29) is 11.9 Å². The Morgan fingerprint density at radius 2 is 1.63 bits per heavy atom. The van der Waals surface area contributed by atoms with Crippen LogP contribution in [0, 0.1) is 11.3 Å². The Morgan fingerprint density at radius 1 is 1.03 bits per heavy atom. The van der Waals surface area contributed by atoms with Crippen molar-refractivity contribution in [3.8, 4) is 11.5 Å². The summed E-state index contributed by atoms with van der Waals surface area (Å²) in [5.41, 5.74) is 4.39. The molecule has 0 spiro atoms. The molecule has 2 aromatic rings. The first kappa shape index (κ1) is 23.2. The number of fused-ring (bicyclic) bond motifs is 2. The predicted octanol–water partition coefficient (Wildman–Crippen LogP) is 1.74. The zero-order valence-corrected chi connectivity index (χ0v) is 19.6. The van der Waals surface area contributed by atoms with Gasteiger partial charge >= 0.3 is 0 Å². The lowest BCUT2D eigenvalue weighted by atomic mass is 9.82. The Kier molecular flexibility index (Phi) is 6.10. The molecule has 0 aromatic heterocycles. The summed E-state index contributed by atoms with van der Waals surface area (Å²) in [4.78, 5) is 30.5. The van der Waals surface area contributed by atoms with Crippen molar-refractivity contribution in [3.63, 3.8) is 0 Å². The number of guanidine groups is 1. The van der Waals surface area contributed by atoms with E-state index in [1.165, 1.54) is 4.90 Å². The number of nitrogens with zero attached hydrogens (tertiary/aromatic N) is 2. The summed E-state index contributed by atoms with van der Waals surface area (Å²) in [5.74, 6) is 0.550. The number of likely N-dealkylation sites (tertiary alicyclic amines) is 2. The summed E-state index contributed by atoms with van der Waals surface area (Å²) < 4.78 is 5.95. The Morgan fingerprint density at radius 3 is 2.23 bits per heavy atom. The number of rotatable bonds is 4. The number of nitrogens with two attached hydrogens (primary N) is 1. The lowest BCUT2D eigenvalue weighted by Gasteiger charge is -2.38. The van der Waals surface area contributed by atoms with Gasteiger partial charge in [-0.1, -0.05) is 36.4 Å². The Labute approximate surface area is 204 Å². The van der Waals surface area contributed by atoms with E-state index in [2.05, 4.69) is 5.32 Å². The van der Waals surface area contributed by atoms with E-state index >= 15 is 0 Å². The van der Waals surface area contributed by atoms with Crippen LogP contribution < -0.4 is 15.8 Å². The minimum Gasteiger partial charge on any atom is -0.457 e. The van der Waals surface area contributed by atoms with Gasteiger partial charge in [0.1, 0.15) is 17.5 Å². The highest BCUT2D eigenvalue weighted by Crippen LogP contribution is 2.48. The smallest absolute Gasteiger partial charge is 0.264 e. The van der Waals surface area contributed by atoms with E-state index < -0.39 is 17.6 Å². The second kappa shape index (κ2) is 9.22. The fraction of sp³-hybridized carbons (Fsp3) is 0.423. The van der Waals surface area contributed by atoms with Crippen LogP contribution in [0.25, 0.3) is 0 Å². The first-order valence-corrected chi connectivity index (χ1v) is 12.2. The molecule has 2 aromatic carbocycles. The van der Waals surface area contributed by atoms with Gasteiger partial charge in [-0.2, -0.15) is 0 Å². The molecule has 2 fully saturated rings. The monoisotopic (exact) mass is 477 g/mol. The maximum absolute atomic E-state index is 14.0. The van der Waals surface area contributed by atoms with Gasteiger partial charge in [0, 0.05) is 37.3 Å². The van der Waals surface area contributed by atoms with Crippen LogP contribution in [0.4, 0.5) is 0 Å². The molecule has 0 radical (unpaired) electrons. The molecule has 0 aliphatic carbocycles. The van der Waals surface area contributed by atoms with Crippen LogP contribution in [0.2, 0.25) is 0 Å². The Balaban J connectivity index is 1.33. The molecular formula is C26H31N5O4. The number of aliphatic hydroxyl groups is 1. The zero-order valence-electron chi connectivity index (χ0n) is 19.6. The summed E-state index contributed by atoms with van der Waals surface area (Å²) in [6.45, 7) is 2.34. The first-order chi connectivity index (χ1) is 16.9. The average Bonchev–Trinajstić information content (AvgIpc) is 3.37. The molecule has 3 heterocycles. The van der Waals surface area contributed by atoms with Crippen molar-refractivity contribution in [2.24, 2.45) is 11.7 Å². The quantitative estimate of drug-likeness (QED) is 0.392. The molecule has 2 amide bonds. The van der Waals surface area contributed by atoms with Gasteiger partial charge in [-0.15, -0.1) is 0 Å². The third kappa shape index (κ3) is 4.10. The maximum atomic E-state index is 14.0. The number of carbonyl (C=O) groups is 2. The van der Waals surface area contributed by atoms with Gasteiger partial charge in [0.2, 0.25) is 11.5 Å². The van der Waals surface area contributed by atoms with Crippen LogP contribution in [0.15, 0.2) is 48.5 Å². The highest BCUT2D eigenvalue weighted by Gasteiger charge is 2.51. The number of carbonyl (C=O) groups excluding carboxylic acids is 2. The van der Waals surface area contributed by atoms with Crippen molar-refractivity contribution in [1.29, 1.82) is 5.41 Å². The summed E-state index contributed by atoms with van der Waals surface area (Å²) in [7, 11) is 0. The summed E-state index contributed by atoms with van der Waals surface area (Å²) in [5, 5.41) is 22.6. The van der Waals surface area contributed by atoms with Crippen LogP contribution in [-0.2, 0) is 15.2 Å². The SMILES string of the molecule is N=C(N)N1CCC(CNC(=O)[C@@H]2CCCN2C(=O)C2(O)c3ccccc3Oc3ccccc32)CC1. The molecule has 1 atom stereocenters. The van der Waals surface area contributed by atoms with Gasteiger partial charge in [0.25, 0.3) is 5.91 Å². The Hall–Kier alpha value is -3.59. The molecule has 35 heavy (non-hydrogen) atoms. The van der Waals surface area contributed by atoms with Crippen molar-refractivity contribution in [3.05, 3.63) is 59.7 Å². The van der Waals surface area contributed by atoms with Crippen LogP contribution >= 0.6 is 0 Å². The molecule has 0 saturated carbocycles. The van der Waals surface area contributed by atoms with Crippen LogP contribution in [0.1, 0.15) is 36.8 Å². The standard InChI is InChI=1S/C26H31N5O4/c27-25(28)30-14-11-17(12-15-30)16-29-23(32)20-8-5-13-31(20)24(33)26(34)18-6-1-3-9-21(18)35-22-10-4-2-7-19(22)26/h1-4,6-7,9-10,17,20,34H,5,8,11-16H2,(H3,27,28)(H,29,32)/t20-/m0/s1. The van der Waals surface area contributed by atoms with E-state index in [0.29, 0.717) is 67.6 Å². The predicted molar refractivity (Wildman–Crippen MR) is 130 cm³/mol. The van der Waals surface area contributed by atoms with E-state index in [0.717, 1.165) is 12.8 Å². The van der Waals surface area contributed by atoms with Gasteiger partial charge in [-0.25, -0.2) is 0 Å². The molecule has 184 valence electrons. The second-order valence-electron chi connectivity index (χ2n) is 9.52. The van der Waals surface area contributed by atoms with Gasteiger partial charge in [-0.3, -0.25) is 15.0 Å². The maximum Gasteiger partial charge on any atom is 0.264 e. The van der Waals surface area contributed by atoms with Gasteiger partial charge in [-0.05, 0) is 43.7 Å². The molecule has 5 rings (SSSR count). The van der Waals surface area contributed by atoms with Gasteiger partial charge in [0.05, 0.1) is 0 Å². The highest BCUT2D eigenvalue weighted by molar-refractivity contribution is 5.96. The van der Waals surface area contributed by atoms with Crippen molar-refractivity contribution in [1.82, 2.24) is 15.1 Å². The molecule has 9 nitrogen and oxygen atoms in total. The summed E-state index contributed by atoms with van der Waals surface area (Å²) in [6, 6.07) is 13.3. The number of ether oxygens (including phenoxy) is 1.